The molecule has 0 aliphatic carbocycles. The van der Waals surface area contributed by atoms with Gasteiger partial charge in [-0.25, -0.2) is 0 Å². The van der Waals surface area contributed by atoms with Crippen LogP contribution in [0, 0.1) is 0 Å². The molecule has 0 bridgehead atoms. The van der Waals surface area contributed by atoms with Gasteiger partial charge in [-0.15, -0.1) is 0 Å². The molecule has 0 aromatic heterocycles. The lowest BCUT2D eigenvalue weighted by Gasteiger charge is -1.98. The van der Waals surface area contributed by atoms with Crippen molar-refractivity contribution in [2.45, 2.75) is 6.92 Å². The summed E-state index contributed by atoms with van der Waals surface area (Å²) in [5, 5.41) is 2.69. The number of carbonyl (C=O) groups excluding carboxylic acids is 1. The highest BCUT2D eigenvalue weighted by molar-refractivity contribution is 6.02. The maximum absolute atomic E-state index is 11.2. The predicted octanol–water partition coefficient (Wildman–Crippen LogP) is 0.461. The van der Waals surface area contributed by atoms with E-state index in [1.54, 1.807) is 0 Å². The third kappa shape index (κ3) is 1.25. The number of carbonyl (C=O) groups is 1. The van der Waals surface area contributed by atoms with E-state index < -0.39 is 0 Å². The summed E-state index contributed by atoms with van der Waals surface area (Å²) in [6.07, 6.45) is 3.37. The van der Waals surface area contributed by atoms with Gasteiger partial charge in [0.1, 0.15) is 0 Å². The summed E-state index contributed by atoms with van der Waals surface area (Å²) in [5.74, 6) is -0.111. The molecule has 3 nitrogen and oxygen atoms in total. The van der Waals surface area contributed by atoms with E-state index in [0.29, 0.717) is 17.8 Å². The maximum atomic E-state index is 11.2. The van der Waals surface area contributed by atoms with Crippen LogP contribution in [0.3, 0.4) is 0 Å². The number of hydrogen-bond acceptors (Lipinski definition) is 2. The molecule has 1 rings (SSSR count). The van der Waals surface area contributed by atoms with E-state index in [1.807, 2.05) is 13.0 Å². The summed E-state index contributed by atoms with van der Waals surface area (Å²) >= 11 is 0. The van der Waals surface area contributed by atoms with Gasteiger partial charge in [0.05, 0.1) is 5.57 Å². The Labute approximate surface area is 71.6 Å². The highest BCUT2D eigenvalue weighted by atomic mass is 16.2. The second-order valence-corrected chi connectivity index (χ2v) is 2.53. The summed E-state index contributed by atoms with van der Waals surface area (Å²) in [6, 6.07) is 0. The third-order valence-electron chi connectivity index (χ3n) is 1.84. The van der Waals surface area contributed by atoms with Crippen LogP contribution in [0.2, 0.25) is 0 Å². The molecule has 0 spiro atoms. The number of rotatable bonds is 1. The second kappa shape index (κ2) is 3.26. The smallest absolute Gasteiger partial charge is 0.253 e. The van der Waals surface area contributed by atoms with Crippen molar-refractivity contribution in [3.05, 3.63) is 35.6 Å². The fourth-order valence-electron chi connectivity index (χ4n) is 1.16. The van der Waals surface area contributed by atoms with Crippen LogP contribution < -0.4 is 11.1 Å². The first-order valence-corrected chi connectivity index (χ1v) is 3.76. The molecule has 0 atom stereocenters. The van der Waals surface area contributed by atoms with Crippen molar-refractivity contribution in [3.8, 4) is 0 Å². The van der Waals surface area contributed by atoms with Gasteiger partial charge in [-0.2, -0.15) is 0 Å². The van der Waals surface area contributed by atoms with Gasteiger partial charge in [-0.1, -0.05) is 12.7 Å². The average molecular weight is 164 g/mol. The number of nitrogens with two attached hydrogens (primary N) is 1. The van der Waals surface area contributed by atoms with Crippen molar-refractivity contribution in [1.82, 2.24) is 5.32 Å². The summed E-state index contributed by atoms with van der Waals surface area (Å²) in [7, 11) is 0. The molecular formula is C9H12N2O. The molecule has 0 aromatic rings. The van der Waals surface area contributed by atoms with Crippen LogP contribution >= 0.6 is 0 Å². The zero-order chi connectivity index (χ0) is 9.14. The Bertz CT molecular complexity index is 287. The van der Waals surface area contributed by atoms with Crippen molar-refractivity contribution in [2.75, 3.05) is 6.54 Å². The van der Waals surface area contributed by atoms with E-state index in [2.05, 4.69) is 11.9 Å². The molecule has 1 heterocycles. The Hall–Kier alpha value is -1.51. The first-order valence-electron chi connectivity index (χ1n) is 3.76. The lowest BCUT2D eigenvalue weighted by Crippen LogP contribution is -2.16. The van der Waals surface area contributed by atoms with Crippen LogP contribution in [0.5, 0.6) is 0 Å². The monoisotopic (exact) mass is 164 g/mol. The van der Waals surface area contributed by atoms with E-state index in [4.69, 9.17) is 5.73 Å². The Kier molecular flexibility index (Phi) is 2.33. The van der Waals surface area contributed by atoms with Crippen molar-refractivity contribution in [2.24, 2.45) is 5.73 Å². The molecule has 0 aromatic carbocycles. The molecule has 1 aliphatic rings. The van der Waals surface area contributed by atoms with Crippen LogP contribution in [-0.2, 0) is 4.79 Å². The number of hydrogen-bond donors (Lipinski definition) is 2. The zero-order valence-electron chi connectivity index (χ0n) is 7.05. The molecule has 1 saturated heterocycles. The van der Waals surface area contributed by atoms with E-state index in [9.17, 15) is 4.79 Å². The van der Waals surface area contributed by atoms with E-state index in [1.165, 1.54) is 6.08 Å². The molecule has 0 saturated carbocycles. The SMILES string of the molecule is C=C/C(N)=C1/C(=O)NC/C1=C/C. The Morgan fingerprint density at radius 3 is 2.92 bits per heavy atom. The van der Waals surface area contributed by atoms with Gasteiger partial charge in [-0.05, 0) is 18.6 Å². The molecule has 64 valence electrons. The second-order valence-electron chi connectivity index (χ2n) is 2.53. The van der Waals surface area contributed by atoms with Gasteiger partial charge in [0.25, 0.3) is 5.91 Å². The highest BCUT2D eigenvalue weighted by Crippen LogP contribution is 2.17. The summed E-state index contributed by atoms with van der Waals surface area (Å²) in [6.45, 7) is 5.97. The number of allylic oxidation sites excluding steroid dienone is 2. The fraction of sp³-hybridized carbons (Fsp3) is 0.222. The maximum Gasteiger partial charge on any atom is 0.253 e. The molecule has 0 radical (unpaired) electrons. The van der Waals surface area contributed by atoms with Gasteiger partial charge in [0, 0.05) is 12.2 Å². The minimum absolute atomic E-state index is 0.111. The van der Waals surface area contributed by atoms with Crippen LogP contribution in [0.4, 0.5) is 0 Å². The zero-order valence-corrected chi connectivity index (χ0v) is 7.05. The Balaban J connectivity index is 3.16. The van der Waals surface area contributed by atoms with E-state index >= 15 is 0 Å². The highest BCUT2D eigenvalue weighted by Gasteiger charge is 2.23. The largest absolute Gasteiger partial charge is 0.398 e. The summed E-state index contributed by atoms with van der Waals surface area (Å²) < 4.78 is 0. The number of amides is 1. The molecule has 3 N–H and O–H groups in total. The van der Waals surface area contributed by atoms with Crippen molar-refractivity contribution in [1.29, 1.82) is 0 Å². The normalized spacial score (nSPS) is 24.1. The Morgan fingerprint density at radius 2 is 2.42 bits per heavy atom. The summed E-state index contributed by atoms with van der Waals surface area (Å²) in [5.41, 5.74) is 7.54. The minimum Gasteiger partial charge on any atom is -0.398 e. The number of nitrogens with one attached hydrogen (secondary N) is 1. The van der Waals surface area contributed by atoms with Gasteiger partial charge >= 0.3 is 0 Å². The topological polar surface area (TPSA) is 55.1 Å². The molecule has 3 heteroatoms. The molecule has 1 amide bonds. The van der Waals surface area contributed by atoms with Crippen molar-refractivity contribution < 1.29 is 4.79 Å². The van der Waals surface area contributed by atoms with E-state index in [-0.39, 0.29) is 5.91 Å². The van der Waals surface area contributed by atoms with Crippen molar-refractivity contribution in [3.63, 3.8) is 0 Å². The minimum atomic E-state index is -0.111. The van der Waals surface area contributed by atoms with Gasteiger partial charge in [0.15, 0.2) is 0 Å². The quantitative estimate of drug-likeness (QED) is 0.553. The first kappa shape index (κ1) is 8.59. The Morgan fingerprint density at radius 1 is 1.75 bits per heavy atom. The standard InChI is InChI=1S/C9H12N2O/c1-3-6-5-11-9(12)8(6)7(10)4-2/h3-4H,2,5,10H2,1H3,(H,11,12)/b6-3-,8-7-. The van der Waals surface area contributed by atoms with Crippen molar-refractivity contribution >= 4 is 5.91 Å². The third-order valence-corrected chi connectivity index (χ3v) is 1.84. The lowest BCUT2D eigenvalue weighted by atomic mass is 10.1. The van der Waals surface area contributed by atoms with Gasteiger partial charge in [0.2, 0.25) is 0 Å². The van der Waals surface area contributed by atoms with Crippen LogP contribution in [-0.4, -0.2) is 12.5 Å². The van der Waals surface area contributed by atoms with Crippen LogP contribution in [0.1, 0.15) is 6.92 Å². The van der Waals surface area contributed by atoms with Gasteiger partial charge in [-0.3, -0.25) is 4.79 Å². The first-order chi connectivity index (χ1) is 5.70. The molecule has 0 unspecified atom stereocenters. The van der Waals surface area contributed by atoms with Crippen LogP contribution in [0.25, 0.3) is 0 Å². The predicted molar refractivity (Wildman–Crippen MR) is 48.2 cm³/mol. The van der Waals surface area contributed by atoms with Gasteiger partial charge < -0.3 is 11.1 Å². The van der Waals surface area contributed by atoms with E-state index in [0.717, 1.165) is 5.57 Å². The molecular weight excluding hydrogens is 152 g/mol. The molecule has 1 fully saturated rings. The lowest BCUT2D eigenvalue weighted by molar-refractivity contribution is -0.116. The summed E-state index contributed by atoms with van der Waals surface area (Å²) in [4.78, 5) is 11.2. The van der Waals surface area contributed by atoms with Crippen LogP contribution in [0.15, 0.2) is 35.6 Å². The molecule has 1 aliphatic heterocycles. The fourth-order valence-corrected chi connectivity index (χ4v) is 1.16. The average Bonchev–Trinajstić information content (AvgIpc) is 2.45. The molecule has 12 heavy (non-hydrogen) atoms.